The Morgan fingerprint density at radius 1 is 1.07 bits per heavy atom. The van der Waals surface area contributed by atoms with Crippen molar-refractivity contribution in [2.75, 3.05) is 13.2 Å². The fourth-order valence-corrected chi connectivity index (χ4v) is 3.61. The highest BCUT2D eigenvalue weighted by Gasteiger charge is 2.20. The Bertz CT molecular complexity index is 844. The van der Waals surface area contributed by atoms with Gasteiger partial charge in [0.15, 0.2) is 5.75 Å². The number of carbonyl (C=O) groups is 2. The van der Waals surface area contributed by atoms with Gasteiger partial charge >= 0.3 is 11.9 Å². The number of benzene rings is 2. The summed E-state index contributed by atoms with van der Waals surface area (Å²) in [7, 11) is 0. The van der Waals surface area contributed by atoms with Gasteiger partial charge in [0.2, 0.25) is 0 Å². The van der Waals surface area contributed by atoms with Gasteiger partial charge in [0.25, 0.3) is 0 Å². The first-order valence-corrected chi connectivity index (χ1v) is 10.1. The number of hydrogen-bond acceptors (Lipinski definition) is 5. The maximum Gasteiger partial charge on any atom is 0.414 e. The summed E-state index contributed by atoms with van der Waals surface area (Å²) >= 11 is 12.1. The van der Waals surface area contributed by atoms with E-state index >= 15 is 0 Å². The van der Waals surface area contributed by atoms with Gasteiger partial charge in [-0.3, -0.25) is 0 Å². The number of hydrogen-bond donors (Lipinski definition) is 4. The van der Waals surface area contributed by atoms with Crippen LogP contribution in [0, 0.1) is 0 Å². The zero-order valence-electron chi connectivity index (χ0n) is 16.1. The van der Waals surface area contributed by atoms with Crippen molar-refractivity contribution in [2.45, 2.75) is 31.4 Å². The number of carboxylic acids is 2. The molecule has 7 nitrogen and oxygen atoms in total. The van der Waals surface area contributed by atoms with Crippen molar-refractivity contribution < 1.29 is 29.6 Å². The summed E-state index contributed by atoms with van der Waals surface area (Å²) < 4.78 is 5.58. The van der Waals surface area contributed by atoms with Gasteiger partial charge in [-0.15, -0.1) is 0 Å². The lowest BCUT2D eigenvalue weighted by Gasteiger charge is -2.27. The van der Waals surface area contributed by atoms with E-state index in [2.05, 4.69) is 29.6 Å². The van der Waals surface area contributed by atoms with E-state index in [-0.39, 0.29) is 12.6 Å². The van der Waals surface area contributed by atoms with Crippen LogP contribution in [0.4, 0.5) is 0 Å². The Morgan fingerprint density at radius 2 is 1.70 bits per heavy atom. The van der Waals surface area contributed by atoms with E-state index in [1.165, 1.54) is 11.1 Å². The Balaban J connectivity index is 0.000000469. The van der Waals surface area contributed by atoms with Gasteiger partial charge < -0.3 is 25.4 Å². The molecular formula is C21H23Cl2NO6. The molecule has 0 saturated carbocycles. The first-order chi connectivity index (χ1) is 14.3. The molecule has 0 heterocycles. The largest absolute Gasteiger partial charge is 0.488 e. The number of para-hydroxylation sites is 1. The molecule has 0 aromatic heterocycles. The van der Waals surface area contributed by atoms with E-state index in [0.717, 1.165) is 19.3 Å². The third-order valence-corrected chi connectivity index (χ3v) is 5.09. The van der Waals surface area contributed by atoms with Gasteiger partial charge in [0, 0.05) is 12.6 Å². The second kappa shape index (κ2) is 11.8. The summed E-state index contributed by atoms with van der Waals surface area (Å²) in [6, 6.07) is 14.0. The molecule has 0 aliphatic heterocycles. The number of aliphatic hydroxyl groups is 1. The average molecular weight is 456 g/mol. The van der Waals surface area contributed by atoms with Crippen LogP contribution in [0.3, 0.4) is 0 Å². The second-order valence-corrected chi connectivity index (χ2v) is 7.49. The number of aryl methyl sites for hydroxylation is 1. The molecule has 2 aromatic carbocycles. The lowest BCUT2D eigenvalue weighted by molar-refractivity contribution is -0.159. The van der Waals surface area contributed by atoms with E-state index in [0.29, 0.717) is 22.3 Å². The molecule has 0 spiro atoms. The molecule has 0 fully saturated rings. The van der Waals surface area contributed by atoms with Crippen molar-refractivity contribution in [2.24, 2.45) is 0 Å². The molecular weight excluding hydrogens is 433 g/mol. The van der Waals surface area contributed by atoms with Crippen molar-refractivity contribution >= 4 is 35.1 Å². The number of rotatable bonds is 6. The van der Waals surface area contributed by atoms with Gasteiger partial charge in [-0.05, 0) is 42.5 Å². The SMILES string of the molecule is O=C(O)C(=O)O.OC(CNC1CCCc2ccccc21)COc1c(Cl)cccc1Cl. The van der Waals surface area contributed by atoms with Crippen LogP contribution in [0.1, 0.15) is 30.0 Å². The van der Waals surface area contributed by atoms with Gasteiger partial charge in [-0.1, -0.05) is 53.5 Å². The molecule has 2 unspecified atom stereocenters. The Kier molecular flexibility index (Phi) is 9.39. The predicted molar refractivity (Wildman–Crippen MR) is 113 cm³/mol. The third kappa shape index (κ3) is 7.18. The van der Waals surface area contributed by atoms with Crippen LogP contribution in [-0.2, 0) is 16.0 Å². The summed E-state index contributed by atoms with van der Waals surface area (Å²) in [5.41, 5.74) is 2.74. The highest BCUT2D eigenvalue weighted by atomic mass is 35.5. The van der Waals surface area contributed by atoms with Crippen LogP contribution >= 0.6 is 23.2 Å². The van der Waals surface area contributed by atoms with Gasteiger partial charge in [0.1, 0.15) is 12.7 Å². The number of ether oxygens (including phenoxy) is 1. The fourth-order valence-electron chi connectivity index (χ4n) is 3.10. The molecule has 1 aliphatic rings. The van der Waals surface area contributed by atoms with Crippen molar-refractivity contribution in [1.29, 1.82) is 0 Å². The van der Waals surface area contributed by atoms with Crippen LogP contribution < -0.4 is 10.1 Å². The van der Waals surface area contributed by atoms with Gasteiger partial charge in [-0.25, -0.2) is 9.59 Å². The lowest BCUT2D eigenvalue weighted by atomic mass is 9.88. The van der Waals surface area contributed by atoms with Crippen molar-refractivity contribution in [3.8, 4) is 5.75 Å². The van der Waals surface area contributed by atoms with Crippen LogP contribution in [0.15, 0.2) is 42.5 Å². The van der Waals surface area contributed by atoms with Crippen LogP contribution in [0.25, 0.3) is 0 Å². The van der Waals surface area contributed by atoms with Crippen molar-refractivity contribution in [3.63, 3.8) is 0 Å². The van der Waals surface area contributed by atoms with E-state index in [1.807, 2.05) is 0 Å². The van der Waals surface area contributed by atoms with Crippen molar-refractivity contribution in [1.82, 2.24) is 5.32 Å². The summed E-state index contributed by atoms with van der Waals surface area (Å²) in [6.07, 6.45) is 2.74. The fraction of sp³-hybridized carbons (Fsp3) is 0.333. The first kappa shape index (κ1) is 24.0. The highest BCUT2D eigenvalue weighted by molar-refractivity contribution is 6.37. The number of aliphatic hydroxyl groups excluding tert-OH is 1. The summed E-state index contributed by atoms with van der Waals surface area (Å²) in [5, 5.41) is 29.3. The smallest absolute Gasteiger partial charge is 0.414 e. The van der Waals surface area contributed by atoms with Crippen LogP contribution in [0.2, 0.25) is 10.0 Å². The molecule has 3 rings (SSSR count). The number of aliphatic carboxylic acids is 2. The van der Waals surface area contributed by atoms with Crippen molar-refractivity contribution in [3.05, 3.63) is 63.6 Å². The second-order valence-electron chi connectivity index (χ2n) is 6.68. The van der Waals surface area contributed by atoms with E-state index in [4.69, 9.17) is 47.7 Å². The minimum Gasteiger partial charge on any atom is -0.488 e. The number of halogens is 2. The van der Waals surface area contributed by atoms with Gasteiger partial charge in [-0.2, -0.15) is 0 Å². The number of fused-ring (bicyclic) bond motifs is 1. The maximum absolute atomic E-state index is 10.2. The highest BCUT2D eigenvalue weighted by Crippen LogP contribution is 2.32. The van der Waals surface area contributed by atoms with E-state index in [9.17, 15) is 5.11 Å². The molecule has 9 heteroatoms. The summed E-state index contributed by atoms with van der Waals surface area (Å²) in [5.74, 6) is -3.23. The molecule has 0 amide bonds. The quantitative estimate of drug-likeness (QED) is 0.492. The normalized spacial score (nSPS) is 15.9. The van der Waals surface area contributed by atoms with Gasteiger partial charge in [0.05, 0.1) is 10.0 Å². The third-order valence-electron chi connectivity index (χ3n) is 4.49. The predicted octanol–water partition coefficient (Wildman–Crippen LogP) is 3.56. The van der Waals surface area contributed by atoms with E-state index in [1.54, 1.807) is 18.2 Å². The molecule has 1 aliphatic carbocycles. The minimum absolute atomic E-state index is 0.144. The zero-order chi connectivity index (χ0) is 22.1. The Morgan fingerprint density at radius 3 is 2.33 bits per heavy atom. The molecule has 4 N–H and O–H groups in total. The monoisotopic (exact) mass is 455 g/mol. The first-order valence-electron chi connectivity index (χ1n) is 9.31. The lowest BCUT2D eigenvalue weighted by Crippen LogP contribution is -2.35. The molecule has 2 aromatic rings. The topological polar surface area (TPSA) is 116 Å². The Hall–Kier alpha value is -2.32. The summed E-state index contributed by atoms with van der Waals surface area (Å²) in [4.78, 5) is 18.2. The number of nitrogens with one attached hydrogen (secondary N) is 1. The molecule has 0 bridgehead atoms. The number of carboxylic acid groups (broad SMARTS) is 2. The standard InChI is InChI=1S/C19H21Cl2NO2.C2H2O4/c20-16-8-4-9-17(21)19(16)24-12-14(23)11-22-18-10-3-6-13-5-1-2-7-15(13)18;3-1(4)2(5)6/h1-2,4-5,7-9,14,18,22-23H,3,6,10-12H2;(H,3,4)(H,5,6). The molecule has 162 valence electrons. The molecule has 0 radical (unpaired) electrons. The van der Waals surface area contributed by atoms with E-state index < -0.39 is 18.0 Å². The molecule has 30 heavy (non-hydrogen) atoms. The molecule has 0 saturated heterocycles. The van der Waals surface area contributed by atoms with Crippen LogP contribution in [0.5, 0.6) is 5.75 Å². The molecule has 2 atom stereocenters. The maximum atomic E-state index is 10.2. The summed E-state index contributed by atoms with van der Waals surface area (Å²) in [6.45, 7) is 0.603. The average Bonchev–Trinajstić information content (AvgIpc) is 2.72. The van der Waals surface area contributed by atoms with Crippen LogP contribution in [-0.4, -0.2) is 46.5 Å². The Labute approximate surface area is 184 Å². The minimum atomic E-state index is -1.82. The zero-order valence-corrected chi connectivity index (χ0v) is 17.6.